The average molecular weight is 989 g/mol. The summed E-state index contributed by atoms with van der Waals surface area (Å²) in [5, 5.41) is 0. The fourth-order valence-electron chi connectivity index (χ4n) is 8.60. The number of hydrogen-bond acceptors (Lipinski definition) is 6. The van der Waals surface area contributed by atoms with Gasteiger partial charge in [-0.25, -0.2) is 9.97 Å². The number of anilines is 4. The van der Waals surface area contributed by atoms with Gasteiger partial charge in [0.1, 0.15) is 22.8 Å². The maximum atomic E-state index is 5.20. The van der Waals surface area contributed by atoms with Gasteiger partial charge in [-0.05, 0) is 172 Å². The van der Waals surface area contributed by atoms with Crippen LogP contribution in [0, 0.1) is 47.4 Å². The molecule has 390 valence electrons. The molecule has 1 heterocycles. The van der Waals surface area contributed by atoms with Gasteiger partial charge >= 0.3 is 0 Å². The summed E-state index contributed by atoms with van der Waals surface area (Å²) in [6.07, 6.45) is 18.7. The molecule has 5 aromatic rings. The van der Waals surface area contributed by atoms with E-state index in [-0.39, 0.29) is 0 Å². The summed E-state index contributed by atoms with van der Waals surface area (Å²) in [4.78, 5) is 20.4. The number of hydrogen-bond donors (Lipinski definition) is 0. The number of rotatable bonds is 28. The zero-order valence-corrected chi connectivity index (χ0v) is 46.9. The van der Waals surface area contributed by atoms with E-state index in [1.807, 2.05) is 0 Å². The van der Waals surface area contributed by atoms with Crippen LogP contribution in [0.3, 0.4) is 0 Å². The molecule has 6 nitrogen and oxygen atoms in total. The number of benzene rings is 4. The third kappa shape index (κ3) is 19.7. The van der Waals surface area contributed by atoms with Crippen LogP contribution in [0.25, 0.3) is 0 Å². The van der Waals surface area contributed by atoms with Gasteiger partial charge in [-0.2, -0.15) is 0 Å². The van der Waals surface area contributed by atoms with Crippen LogP contribution in [0.15, 0.2) is 97.1 Å². The highest BCUT2D eigenvalue weighted by Crippen LogP contribution is 2.22. The molecule has 0 amide bonds. The molecule has 4 aromatic carbocycles. The van der Waals surface area contributed by atoms with Crippen LogP contribution in [-0.2, 0) is 0 Å². The zero-order chi connectivity index (χ0) is 52.6. The van der Waals surface area contributed by atoms with E-state index < -0.39 is 0 Å². The Morgan fingerprint density at radius 2 is 0.405 bits per heavy atom. The molecule has 74 heavy (non-hydrogen) atoms. The highest BCUT2D eigenvalue weighted by atomic mass is 15.1. The predicted octanol–water partition coefficient (Wildman–Crippen LogP) is 15.7. The van der Waals surface area contributed by atoms with Crippen molar-refractivity contribution < 1.29 is 0 Å². The SMILES string of the molecule is CCCCN(CCCC)c1ccc(C#Cc2nc(C#Cc3ccc(N(CCCC)CCCC)cc3)c(C#Cc3ccc(N(CCCC)CCCC)cc3)nc2C#Cc2ccc(N(CCCC)CCCC)cc2)cc1. The van der Waals surface area contributed by atoms with Gasteiger partial charge < -0.3 is 19.6 Å². The van der Waals surface area contributed by atoms with Crippen LogP contribution in [0.1, 0.15) is 203 Å². The third-order valence-electron chi connectivity index (χ3n) is 13.4. The number of aromatic nitrogens is 2. The van der Waals surface area contributed by atoms with Crippen LogP contribution in [-0.4, -0.2) is 62.3 Å². The van der Waals surface area contributed by atoms with Crippen molar-refractivity contribution in [2.45, 2.75) is 158 Å². The first-order chi connectivity index (χ1) is 36.4. The third-order valence-corrected chi connectivity index (χ3v) is 13.4. The highest BCUT2D eigenvalue weighted by molar-refractivity contribution is 5.59. The Bertz CT molecular complexity index is 2240. The molecule has 0 bridgehead atoms. The van der Waals surface area contributed by atoms with E-state index in [0.29, 0.717) is 22.8 Å². The second kappa shape index (κ2) is 34.0. The van der Waals surface area contributed by atoms with E-state index >= 15 is 0 Å². The Labute approximate surface area is 450 Å². The quantitative estimate of drug-likeness (QED) is 0.0465. The van der Waals surface area contributed by atoms with E-state index in [0.717, 1.165) is 74.6 Å². The normalized spacial score (nSPS) is 10.5. The van der Waals surface area contributed by atoms with Gasteiger partial charge in [-0.3, -0.25) is 0 Å². The minimum absolute atomic E-state index is 0.479. The minimum atomic E-state index is 0.479. The Hall–Kier alpha value is -6.60. The maximum absolute atomic E-state index is 5.20. The van der Waals surface area contributed by atoms with Gasteiger partial charge in [0, 0.05) is 97.4 Å². The average Bonchev–Trinajstić information content (AvgIpc) is 3.44. The summed E-state index contributed by atoms with van der Waals surface area (Å²) in [6.45, 7) is 26.5. The first-order valence-corrected chi connectivity index (χ1v) is 28.8. The molecule has 0 N–H and O–H groups in total. The second-order valence-electron chi connectivity index (χ2n) is 19.6. The van der Waals surface area contributed by atoms with Gasteiger partial charge in [-0.1, -0.05) is 130 Å². The van der Waals surface area contributed by atoms with Crippen molar-refractivity contribution in [2.75, 3.05) is 72.0 Å². The molecule has 0 aliphatic carbocycles. The van der Waals surface area contributed by atoms with Crippen LogP contribution in [0.2, 0.25) is 0 Å². The highest BCUT2D eigenvalue weighted by Gasteiger charge is 2.13. The van der Waals surface area contributed by atoms with Gasteiger partial charge in [0.05, 0.1) is 0 Å². The molecular formula is C68H88N6. The van der Waals surface area contributed by atoms with Crippen molar-refractivity contribution in [1.82, 2.24) is 9.97 Å². The maximum Gasteiger partial charge on any atom is 0.149 e. The van der Waals surface area contributed by atoms with Crippen molar-refractivity contribution in [3.8, 4) is 47.4 Å². The van der Waals surface area contributed by atoms with Crippen LogP contribution >= 0.6 is 0 Å². The molecule has 1 aromatic heterocycles. The van der Waals surface area contributed by atoms with E-state index in [4.69, 9.17) is 9.97 Å². The van der Waals surface area contributed by atoms with Gasteiger partial charge in [0.2, 0.25) is 0 Å². The molecule has 0 aliphatic heterocycles. The Morgan fingerprint density at radius 1 is 0.243 bits per heavy atom. The molecule has 6 heteroatoms. The van der Waals surface area contributed by atoms with Crippen molar-refractivity contribution in [3.05, 3.63) is 142 Å². The van der Waals surface area contributed by atoms with Crippen LogP contribution < -0.4 is 19.6 Å². The fourth-order valence-corrected chi connectivity index (χ4v) is 8.60. The van der Waals surface area contributed by atoms with E-state index in [1.54, 1.807) is 0 Å². The van der Waals surface area contributed by atoms with Crippen molar-refractivity contribution >= 4 is 22.7 Å². The predicted molar refractivity (Wildman–Crippen MR) is 320 cm³/mol. The first kappa shape index (κ1) is 58.3. The molecule has 0 fully saturated rings. The van der Waals surface area contributed by atoms with E-state index in [2.05, 4.69) is 219 Å². The van der Waals surface area contributed by atoms with Gasteiger partial charge in [0.25, 0.3) is 0 Å². The van der Waals surface area contributed by atoms with E-state index in [1.165, 1.54) is 125 Å². The van der Waals surface area contributed by atoms with Crippen molar-refractivity contribution in [2.24, 2.45) is 0 Å². The van der Waals surface area contributed by atoms with Gasteiger partial charge in [0.15, 0.2) is 0 Å². The molecule has 5 rings (SSSR count). The van der Waals surface area contributed by atoms with Crippen LogP contribution in [0.4, 0.5) is 22.7 Å². The molecule has 0 atom stereocenters. The smallest absolute Gasteiger partial charge is 0.149 e. The lowest BCUT2D eigenvalue weighted by Gasteiger charge is -2.24. The number of unbranched alkanes of at least 4 members (excludes halogenated alkanes) is 8. The first-order valence-electron chi connectivity index (χ1n) is 28.8. The lowest BCUT2D eigenvalue weighted by Crippen LogP contribution is -2.25. The van der Waals surface area contributed by atoms with E-state index in [9.17, 15) is 0 Å². The molecule has 0 unspecified atom stereocenters. The lowest BCUT2D eigenvalue weighted by atomic mass is 10.1. The molecule has 0 saturated heterocycles. The zero-order valence-electron chi connectivity index (χ0n) is 46.9. The Balaban J connectivity index is 1.63. The minimum Gasteiger partial charge on any atom is -0.372 e. The monoisotopic (exact) mass is 989 g/mol. The van der Waals surface area contributed by atoms with Crippen molar-refractivity contribution in [1.29, 1.82) is 0 Å². The largest absolute Gasteiger partial charge is 0.372 e. The topological polar surface area (TPSA) is 38.7 Å². The molecule has 0 radical (unpaired) electrons. The van der Waals surface area contributed by atoms with Crippen LogP contribution in [0.5, 0.6) is 0 Å². The Morgan fingerprint density at radius 3 is 0.554 bits per heavy atom. The van der Waals surface area contributed by atoms with Crippen molar-refractivity contribution in [3.63, 3.8) is 0 Å². The summed E-state index contributed by atoms with van der Waals surface area (Å²) >= 11 is 0. The molecule has 0 spiro atoms. The summed E-state index contributed by atoms with van der Waals surface area (Å²) in [7, 11) is 0. The van der Waals surface area contributed by atoms with Gasteiger partial charge in [-0.15, -0.1) is 0 Å². The summed E-state index contributed by atoms with van der Waals surface area (Å²) in [5.41, 5.74) is 10.5. The molecular weight excluding hydrogens is 901 g/mol. The summed E-state index contributed by atoms with van der Waals surface area (Å²) in [5.74, 6) is 27.4. The lowest BCUT2D eigenvalue weighted by molar-refractivity contribution is 0.678. The summed E-state index contributed by atoms with van der Waals surface area (Å²) in [6, 6.07) is 34.5. The standard InChI is InChI=1S/C68H88N6/c1-9-17-49-71(50-18-10-2)61-37-25-57(26-38-61)33-45-65-66(46-34-58-27-39-62(40-28-58)72(51-19-11-3)52-20-12-4)70-68(48-36-60-31-43-64(44-32-60)74(55-23-15-7)56-24-16-8)67(69-65)47-35-59-29-41-63(42-30-59)73(53-21-13-5)54-22-14-6/h25-32,37-44H,9-24,49-56H2,1-8H3. The number of nitrogens with zero attached hydrogens (tertiary/aromatic N) is 6. The molecule has 0 saturated carbocycles. The second-order valence-corrected chi connectivity index (χ2v) is 19.6. The fraction of sp³-hybridized carbons (Fsp3) is 0.471. The summed E-state index contributed by atoms with van der Waals surface area (Å²) < 4.78 is 0. The Kier molecular flexibility index (Phi) is 26.8. The molecule has 0 aliphatic rings.